The van der Waals surface area contributed by atoms with E-state index in [2.05, 4.69) is 13.0 Å². The Morgan fingerprint density at radius 3 is 2.80 bits per heavy atom. The summed E-state index contributed by atoms with van der Waals surface area (Å²) in [5.41, 5.74) is 7.23. The van der Waals surface area contributed by atoms with Gasteiger partial charge in [-0.15, -0.1) is 0 Å². The number of benzene rings is 1. The van der Waals surface area contributed by atoms with Crippen molar-refractivity contribution in [1.82, 2.24) is 0 Å². The molecule has 1 aliphatic rings. The summed E-state index contributed by atoms with van der Waals surface area (Å²) in [6.07, 6.45) is 3.41. The maximum atomic E-state index is 9.38. The van der Waals surface area contributed by atoms with E-state index in [4.69, 9.17) is 5.73 Å². The summed E-state index contributed by atoms with van der Waals surface area (Å²) < 4.78 is 0. The van der Waals surface area contributed by atoms with Gasteiger partial charge in [0.1, 0.15) is 5.75 Å². The van der Waals surface area contributed by atoms with Crippen molar-refractivity contribution in [2.24, 2.45) is 17.6 Å². The minimum absolute atomic E-state index is 0.363. The van der Waals surface area contributed by atoms with Crippen LogP contribution in [0.5, 0.6) is 5.75 Å². The molecule has 0 saturated heterocycles. The average molecular weight is 205 g/mol. The molecular weight excluding hydrogens is 186 g/mol. The molecule has 1 saturated carbocycles. The van der Waals surface area contributed by atoms with Crippen LogP contribution in [0.25, 0.3) is 0 Å². The molecule has 15 heavy (non-hydrogen) atoms. The predicted octanol–water partition coefficient (Wildman–Crippen LogP) is 2.31. The van der Waals surface area contributed by atoms with E-state index < -0.39 is 0 Å². The number of phenols is 1. The van der Waals surface area contributed by atoms with Crippen molar-refractivity contribution in [2.45, 2.75) is 32.2 Å². The van der Waals surface area contributed by atoms with E-state index in [1.807, 2.05) is 12.1 Å². The van der Waals surface area contributed by atoms with Crippen LogP contribution in [0, 0.1) is 11.8 Å². The Morgan fingerprint density at radius 1 is 1.40 bits per heavy atom. The van der Waals surface area contributed by atoms with Crippen molar-refractivity contribution in [3.05, 3.63) is 29.8 Å². The summed E-state index contributed by atoms with van der Waals surface area (Å²) in [6.45, 7) is 2.24. The van der Waals surface area contributed by atoms with Crippen LogP contribution in [0.1, 0.15) is 25.3 Å². The Labute approximate surface area is 91.1 Å². The molecule has 82 valence electrons. The third-order valence-corrected chi connectivity index (χ3v) is 3.70. The van der Waals surface area contributed by atoms with Gasteiger partial charge in [-0.05, 0) is 48.8 Å². The Balaban J connectivity index is 2.03. The van der Waals surface area contributed by atoms with E-state index in [-0.39, 0.29) is 0 Å². The highest BCUT2D eigenvalue weighted by Gasteiger charge is 2.29. The SMILES string of the molecule is CC1C(N)CCC1Cc1cccc(O)c1. The first-order valence-corrected chi connectivity index (χ1v) is 5.70. The monoisotopic (exact) mass is 205 g/mol. The maximum absolute atomic E-state index is 9.38. The first-order chi connectivity index (χ1) is 7.16. The zero-order chi connectivity index (χ0) is 10.8. The van der Waals surface area contributed by atoms with Gasteiger partial charge in [0.25, 0.3) is 0 Å². The van der Waals surface area contributed by atoms with Crippen LogP contribution in [0.15, 0.2) is 24.3 Å². The van der Waals surface area contributed by atoms with E-state index in [1.165, 1.54) is 12.0 Å². The van der Waals surface area contributed by atoms with Crippen LogP contribution in [0.2, 0.25) is 0 Å². The predicted molar refractivity (Wildman–Crippen MR) is 61.7 cm³/mol. The van der Waals surface area contributed by atoms with Gasteiger partial charge >= 0.3 is 0 Å². The highest BCUT2D eigenvalue weighted by atomic mass is 16.3. The number of hydrogen-bond acceptors (Lipinski definition) is 2. The average Bonchev–Trinajstić information content (AvgIpc) is 2.50. The van der Waals surface area contributed by atoms with Gasteiger partial charge in [0, 0.05) is 6.04 Å². The summed E-state index contributed by atoms with van der Waals surface area (Å²) >= 11 is 0. The van der Waals surface area contributed by atoms with E-state index in [0.717, 1.165) is 12.8 Å². The van der Waals surface area contributed by atoms with Gasteiger partial charge in [-0.1, -0.05) is 19.1 Å². The lowest BCUT2D eigenvalue weighted by atomic mass is 9.90. The molecule has 1 fully saturated rings. The van der Waals surface area contributed by atoms with Crippen molar-refractivity contribution in [1.29, 1.82) is 0 Å². The van der Waals surface area contributed by atoms with Crippen LogP contribution in [-0.2, 0) is 6.42 Å². The summed E-state index contributed by atoms with van der Waals surface area (Å²) in [6, 6.07) is 7.93. The molecule has 0 heterocycles. The second-order valence-electron chi connectivity index (χ2n) is 4.73. The molecule has 0 radical (unpaired) electrons. The fourth-order valence-electron chi connectivity index (χ4n) is 2.56. The third-order valence-electron chi connectivity index (χ3n) is 3.70. The summed E-state index contributed by atoms with van der Waals surface area (Å²) in [5.74, 6) is 1.65. The lowest BCUT2D eigenvalue weighted by molar-refractivity contribution is 0.389. The fraction of sp³-hybridized carbons (Fsp3) is 0.538. The van der Waals surface area contributed by atoms with Gasteiger partial charge in [0.2, 0.25) is 0 Å². The summed E-state index contributed by atoms with van der Waals surface area (Å²) in [7, 11) is 0. The Morgan fingerprint density at radius 2 is 2.20 bits per heavy atom. The van der Waals surface area contributed by atoms with E-state index in [1.54, 1.807) is 6.07 Å². The molecule has 2 heteroatoms. The molecule has 3 N–H and O–H groups in total. The summed E-state index contributed by atoms with van der Waals surface area (Å²) in [4.78, 5) is 0. The zero-order valence-electron chi connectivity index (χ0n) is 9.19. The van der Waals surface area contributed by atoms with Gasteiger partial charge in [0.05, 0.1) is 0 Å². The molecule has 2 rings (SSSR count). The molecule has 0 amide bonds. The van der Waals surface area contributed by atoms with Crippen molar-refractivity contribution in [2.75, 3.05) is 0 Å². The molecular formula is C13H19NO. The standard InChI is InChI=1S/C13H19NO/c1-9-11(5-6-13(9)14)7-10-3-2-4-12(15)8-10/h2-4,8-9,11,13,15H,5-7,14H2,1H3. The first kappa shape index (κ1) is 10.5. The van der Waals surface area contributed by atoms with E-state index >= 15 is 0 Å². The van der Waals surface area contributed by atoms with Gasteiger partial charge < -0.3 is 10.8 Å². The number of hydrogen-bond donors (Lipinski definition) is 2. The van der Waals surface area contributed by atoms with Crippen LogP contribution in [-0.4, -0.2) is 11.1 Å². The molecule has 1 aromatic rings. The molecule has 3 unspecified atom stereocenters. The number of aromatic hydroxyl groups is 1. The van der Waals surface area contributed by atoms with Gasteiger partial charge in [-0.3, -0.25) is 0 Å². The summed E-state index contributed by atoms with van der Waals surface area (Å²) in [5, 5.41) is 9.38. The van der Waals surface area contributed by atoms with Crippen LogP contribution in [0.3, 0.4) is 0 Å². The minimum Gasteiger partial charge on any atom is -0.508 e. The normalized spacial score (nSPS) is 30.7. The molecule has 2 nitrogen and oxygen atoms in total. The topological polar surface area (TPSA) is 46.2 Å². The lowest BCUT2D eigenvalue weighted by Crippen LogP contribution is -2.25. The second kappa shape index (κ2) is 4.23. The van der Waals surface area contributed by atoms with Crippen LogP contribution in [0.4, 0.5) is 0 Å². The Bertz CT molecular complexity index is 337. The lowest BCUT2D eigenvalue weighted by Gasteiger charge is -2.17. The second-order valence-corrected chi connectivity index (χ2v) is 4.73. The van der Waals surface area contributed by atoms with Crippen molar-refractivity contribution in [3.63, 3.8) is 0 Å². The van der Waals surface area contributed by atoms with E-state index in [9.17, 15) is 5.11 Å². The zero-order valence-corrected chi connectivity index (χ0v) is 9.19. The Hall–Kier alpha value is -1.02. The van der Waals surface area contributed by atoms with Crippen LogP contribution >= 0.6 is 0 Å². The van der Waals surface area contributed by atoms with Crippen molar-refractivity contribution in [3.8, 4) is 5.75 Å². The number of rotatable bonds is 2. The fourth-order valence-corrected chi connectivity index (χ4v) is 2.56. The third kappa shape index (κ3) is 2.32. The van der Waals surface area contributed by atoms with Crippen molar-refractivity contribution < 1.29 is 5.11 Å². The highest BCUT2D eigenvalue weighted by Crippen LogP contribution is 2.33. The maximum Gasteiger partial charge on any atom is 0.115 e. The van der Waals surface area contributed by atoms with Gasteiger partial charge in [0.15, 0.2) is 0 Å². The molecule has 0 aliphatic heterocycles. The van der Waals surface area contributed by atoms with Crippen LogP contribution < -0.4 is 5.73 Å². The molecule has 1 aromatic carbocycles. The molecule has 1 aliphatic carbocycles. The Kier molecular flexibility index (Phi) is 2.96. The molecule has 0 spiro atoms. The largest absolute Gasteiger partial charge is 0.508 e. The number of nitrogens with two attached hydrogens (primary N) is 1. The smallest absolute Gasteiger partial charge is 0.115 e. The van der Waals surface area contributed by atoms with Gasteiger partial charge in [-0.2, -0.15) is 0 Å². The van der Waals surface area contributed by atoms with Crippen molar-refractivity contribution >= 4 is 0 Å². The minimum atomic E-state index is 0.363. The molecule has 0 bridgehead atoms. The quantitative estimate of drug-likeness (QED) is 0.778. The number of phenolic OH excluding ortho intramolecular Hbond substituents is 1. The first-order valence-electron chi connectivity index (χ1n) is 5.70. The highest BCUT2D eigenvalue weighted by molar-refractivity contribution is 5.27. The van der Waals surface area contributed by atoms with E-state index in [0.29, 0.717) is 23.6 Å². The molecule has 0 aromatic heterocycles. The van der Waals surface area contributed by atoms with Gasteiger partial charge in [-0.25, -0.2) is 0 Å². The molecule has 3 atom stereocenters.